The number of carboxylic acid groups (broad SMARTS) is 2. The molecule has 2 heterocycles. The average Bonchev–Trinajstić information content (AvgIpc) is 3.49. The number of likely N-dealkylation sites (tertiary alicyclic amines) is 1. The molecule has 37 heavy (non-hydrogen) atoms. The molecule has 0 bridgehead atoms. The number of benzene rings is 1. The number of carbonyl (C=O) groups is 5. The third-order valence-electron chi connectivity index (χ3n) is 6.37. The van der Waals surface area contributed by atoms with Crippen LogP contribution < -0.4 is 16.4 Å². The Labute approximate surface area is 212 Å². The van der Waals surface area contributed by atoms with Gasteiger partial charge in [0.25, 0.3) is 0 Å². The van der Waals surface area contributed by atoms with Crippen molar-refractivity contribution in [1.82, 2.24) is 20.5 Å². The first-order valence-corrected chi connectivity index (χ1v) is 11.8. The molecule has 3 amide bonds. The minimum atomic E-state index is -1.59. The number of H-pyrrole nitrogens is 1. The number of carboxylic acids is 2. The summed E-state index contributed by atoms with van der Waals surface area (Å²) in [6, 6.07) is 1.98. The maximum atomic E-state index is 13.0. The van der Waals surface area contributed by atoms with E-state index in [0.29, 0.717) is 12.0 Å². The van der Waals surface area contributed by atoms with Gasteiger partial charge in [-0.05, 0) is 31.4 Å². The Morgan fingerprint density at radius 2 is 1.84 bits per heavy atom. The van der Waals surface area contributed by atoms with Crippen LogP contribution in [0.3, 0.4) is 0 Å². The van der Waals surface area contributed by atoms with Crippen LogP contribution in [0.5, 0.6) is 0 Å². The van der Waals surface area contributed by atoms with Crippen molar-refractivity contribution in [2.24, 2.45) is 5.73 Å². The van der Waals surface area contributed by atoms with Crippen molar-refractivity contribution in [3.05, 3.63) is 36.0 Å². The summed E-state index contributed by atoms with van der Waals surface area (Å²) in [7, 11) is 0. The van der Waals surface area contributed by atoms with E-state index in [1.807, 2.05) is 12.1 Å². The van der Waals surface area contributed by atoms with Crippen LogP contribution in [0.15, 0.2) is 30.5 Å². The molecule has 13 heteroatoms. The number of aliphatic hydroxyl groups excluding tert-OH is 1. The van der Waals surface area contributed by atoms with Crippen LogP contribution in [-0.2, 0) is 30.4 Å². The van der Waals surface area contributed by atoms with Gasteiger partial charge in [0.15, 0.2) is 0 Å². The number of carbonyl (C=O) groups excluding carboxylic acids is 3. The van der Waals surface area contributed by atoms with Crippen LogP contribution in [0.4, 0.5) is 0 Å². The third-order valence-corrected chi connectivity index (χ3v) is 6.37. The summed E-state index contributed by atoms with van der Waals surface area (Å²) in [5, 5.41) is 34.1. The minimum Gasteiger partial charge on any atom is -0.481 e. The van der Waals surface area contributed by atoms with Gasteiger partial charge in [-0.25, -0.2) is 4.79 Å². The average molecular weight is 518 g/mol. The number of amides is 3. The number of aromatic nitrogens is 1. The van der Waals surface area contributed by atoms with Gasteiger partial charge in [0.1, 0.15) is 24.2 Å². The number of fused-ring (bicyclic) bond motifs is 1. The van der Waals surface area contributed by atoms with Crippen LogP contribution in [0.1, 0.15) is 31.7 Å². The highest BCUT2D eigenvalue weighted by atomic mass is 16.4. The van der Waals surface area contributed by atoms with E-state index in [0.717, 1.165) is 10.9 Å². The predicted octanol–water partition coefficient (Wildman–Crippen LogP) is -1.06. The van der Waals surface area contributed by atoms with E-state index < -0.39 is 66.4 Å². The monoisotopic (exact) mass is 517 g/mol. The van der Waals surface area contributed by atoms with Gasteiger partial charge in [-0.2, -0.15) is 0 Å². The van der Waals surface area contributed by atoms with E-state index in [1.54, 1.807) is 18.3 Å². The normalized spacial score (nSPS) is 18.6. The summed E-state index contributed by atoms with van der Waals surface area (Å²) in [6.45, 7) is 1.55. The van der Waals surface area contributed by atoms with Gasteiger partial charge < -0.3 is 41.6 Å². The summed E-state index contributed by atoms with van der Waals surface area (Å²) in [5.74, 6) is -5.12. The van der Waals surface area contributed by atoms with Gasteiger partial charge >= 0.3 is 11.9 Å². The van der Waals surface area contributed by atoms with Crippen LogP contribution in [0.25, 0.3) is 10.9 Å². The van der Waals surface area contributed by atoms with E-state index in [2.05, 4.69) is 15.6 Å². The van der Waals surface area contributed by atoms with Crippen LogP contribution >= 0.6 is 0 Å². The third kappa shape index (κ3) is 6.62. The number of para-hydroxylation sites is 1. The number of hydrogen-bond acceptors (Lipinski definition) is 7. The van der Waals surface area contributed by atoms with Crippen molar-refractivity contribution < 1.29 is 39.3 Å². The van der Waals surface area contributed by atoms with Crippen molar-refractivity contribution in [2.75, 3.05) is 6.54 Å². The molecule has 8 N–H and O–H groups in total. The predicted molar refractivity (Wildman–Crippen MR) is 130 cm³/mol. The maximum absolute atomic E-state index is 13.0. The van der Waals surface area contributed by atoms with Crippen molar-refractivity contribution >= 4 is 40.6 Å². The van der Waals surface area contributed by atoms with E-state index in [1.165, 1.54) is 11.8 Å². The fourth-order valence-corrected chi connectivity index (χ4v) is 4.35. The molecule has 1 fully saturated rings. The highest BCUT2D eigenvalue weighted by Gasteiger charge is 2.39. The quantitative estimate of drug-likeness (QED) is 0.193. The van der Waals surface area contributed by atoms with Gasteiger partial charge in [0, 0.05) is 30.1 Å². The van der Waals surface area contributed by atoms with E-state index >= 15 is 0 Å². The number of aliphatic carboxylic acids is 2. The molecule has 5 atom stereocenters. The van der Waals surface area contributed by atoms with Gasteiger partial charge in [0.05, 0.1) is 12.5 Å². The van der Waals surface area contributed by atoms with E-state index in [4.69, 9.17) is 5.73 Å². The van der Waals surface area contributed by atoms with Gasteiger partial charge in [-0.15, -0.1) is 0 Å². The smallest absolute Gasteiger partial charge is 0.326 e. The molecule has 1 aromatic heterocycles. The number of rotatable bonds is 11. The van der Waals surface area contributed by atoms with Gasteiger partial charge in [-0.1, -0.05) is 18.2 Å². The lowest BCUT2D eigenvalue weighted by Crippen LogP contribution is -2.58. The topological polar surface area (TPSA) is 215 Å². The molecule has 0 spiro atoms. The fourth-order valence-electron chi connectivity index (χ4n) is 4.35. The molecular formula is C24H31N5O8. The minimum absolute atomic E-state index is 0.0824. The molecule has 200 valence electrons. The molecule has 0 aliphatic carbocycles. The second-order valence-electron chi connectivity index (χ2n) is 9.08. The fraction of sp³-hybridized carbons (Fsp3) is 0.458. The lowest BCUT2D eigenvalue weighted by Gasteiger charge is -2.29. The Morgan fingerprint density at radius 1 is 1.14 bits per heavy atom. The second kappa shape index (κ2) is 11.8. The SMILES string of the molecule is CC(O)C(N)C(=O)N1CCCC1C(=O)NC(CC(=O)O)C(=O)NC(Cc1c[nH]c2ccccc12)C(=O)O. The molecule has 1 aliphatic heterocycles. The Kier molecular flexibility index (Phi) is 8.84. The highest BCUT2D eigenvalue weighted by Crippen LogP contribution is 2.20. The number of nitrogens with two attached hydrogens (primary N) is 1. The maximum Gasteiger partial charge on any atom is 0.326 e. The van der Waals surface area contributed by atoms with Crippen molar-refractivity contribution in [2.45, 2.75) is 62.9 Å². The zero-order valence-corrected chi connectivity index (χ0v) is 20.2. The Hall–Kier alpha value is -3.97. The van der Waals surface area contributed by atoms with Crippen LogP contribution in [0, 0.1) is 0 Å². The first kappa shape index (κ1) is 27.6. The number of aromatic amines is 1. The number of aliphatic hydroxyl groups is 1. The summed E-state index contributed by atoms with van der Waals surface area (Å²) >= 11 is 0. The van der Waals surface area contributed by atoms with Gasteiger partial charge in [-0.3, -0.25) is 19.2 Å². The Bertz CT molecular complexity index is 1180. The van der Waals surface area contributed by atoms with Crippen molar-refractivity contribution in [3.63, 3.8) is 0 Å². The number of hydrogen-bond donors (Lipinski definition) is 7. The van der Waals surface area contributed by atoms with Crippen molar-refractivity contribution in [3.8, 4) is 0 Å². The summed E-state index contributed by atoms with van der Waals surface area (Å²) in [5.41, 5.74) is 7.14. The largest absolute Gasteiger partial charge is 0.481 e. The van der Waals surface area contributed by atoms with E-state index in [-0.39, 0.29) is 19.4 Å². The van der Waals surface area contributed by atoms with Crippen molar-refractivity contribution in [1.29, 1.82) is 0 Å². The molecule has 0 radical (unpaired) electrons. The first-order chi connectivity index (χ1) is 17.5. The molecule has 3 rings (SSSR count). The molecule has 2 aromatic rings. The zero-order chi connectivity index (χ0) is 27.3. The molecule has 1 aliphatic rings. The molecule has 0 saturated carbocycles. The molecule has 1 aromatic carbocycles. The Morgan fingerprint density at radius 3 is 2.49 bits per heavy atom. The molecule has 1 saturated heterocycles. The molecule has 13 nitrogen and oxygen atoms in total. The summed E-state index contributed by atoms with van der Waals surface area (Å²) in [6.07, 6.45) is 0.327. The lowest BCUT2D eigenvalue weighted by molar-refractivity contribution is -0.145. The highest BCUT2D eigenvalue weighted by molar-refractivity contribution is 5.96. The van der Waals surface area contributed by atoms with Crippen LogP contribution in [-0.4, -0.2) is 91.7 Å². The second-order valence-corrected chi connectivity index (χ2v) is 9.08. The molecular weight excluding hydrogens is 486 g/mol. The summed E-state index contributed by atoms with van der Waals surface area (Å²) in [4.78, 5) is 66.0. The van der Waals surface area contributed by atoms with Gasteiger partial charge in [0.2, 0.25) is 17.7 Å². The lowest BCUT2D eigenvalue weighted by atomic mass is 10.0. The standard InChI is InChI=1S/C24H31N5O8/c1-12(30)20(25)23(35)29-8-4-7-18(29)22(34)27-16(10-19(31)32)21(33)28-17(24(36)37)9-13-11-26-15-6-3-2-5-14(13)15/h2-3,5-6,11-12,16-18,20,26,30H,4,7-10,25H2,1H3,(H,27,34)(H,28,33)(H,31,32)(H,36,37). The first-order valence-electron chi connectivity index (χ1n) is 11.8. The van der Waals surface area contributed by atoms with E-state index in [9.17, 15) is 39.3 Å². The molecule has 5 unspecified atom stereocenters. The number of nitrogens with zero attached hydrogens (tertiary/aromatic N) is 1. The van der Waals surface area contributed by atoms with Crippen LogP contribution in [0.2, 0.25) is 0 Å². The summed E-state index contributed by atoms with van der Waals surface area (Å²) < 4.78 is 0. The zero-order valence-electron chi connectivity index (χ0n) is 20.2. The Balaban J connectivity index is 1.73. The number of nitrogens with one attached hydrogen (secondary N) is 3.